The molecular weight excluding hydrogens is 538 g/mol. The van der Waals surface area contributed by atoms with Gasteiger partial charge >= 0.3 is 0 Å². The van der Waals surface area contributed by atoms with Gasteiger partial charge in [-0.05, 0) is 61.0 Å². The average Bonchev–Trinajstić information content (AvgIpc) is 3.25. The van der Waals surface area contributed by atoms with Gasteiger partial charge in [0.25, 0.3) is 0 Å². The van der Waals surface area contributed by atoms with Crippen LogP contribution in [0.15, 0.2) is 76.2 Å². The summed E-state index contributed by atoms with van der Waals surface area (Å²) in [5.74, 6) is 1.45. The number of nitrogens with one attached hydrogen (secondary N) is 1. The predicted octanol–water partition coefficient (Wildman–Crippen LogP) is 8.14. The summed E-state index contributed by atoms with van der Waals surface area (Å²) in [6.07, 6.45) is 0. The van der Waals surface area contributed by atoms with E-state index in [1.807, 2.05) is 73.7 Å². The Kier molecular flexibility index (Phi) is 7.94. The molecule has 3 aromatic carbocycles. The van der Waals surface area contributed by atoms with Gasteiger partial charge in [-0.2, -0.15) is 5.26 Å². The van der Waals surface area contributed by atoms with Gasteiger partial charge in [0.2, 0.25) is 0 Å². The molecule has 0 saturated heterocycles. The summed E-state index contributed by atoms with van der Waals surface area (Å²) in [6.45, 7) is 2.44. The van der Waals surface area contributed by atoms with E-state index in [2.05, 4.69) is 27.3 Å². The Morgan fingerprint density at radius 3 is 2.70 bits per heavy atom. The second-order valence-corrected chi connectivity index (χ2v) is 10.4. The zero-order valence-electron chi connectivity index (χ0n) is 17.6. The average molecular weight is 557 g/mol. The number of anilines is 1. The van der Waals surface area contributed by atoms with Crippen LogP contribution in [0.3, 0.4) is 0 Å². The Balaban J connectivity index is 1.61. The fraction of sp³-hybridized carbons (Fsp3) is 0.120. The molecule has 4 aromatic rings. The minimum atomic E-state index is 0.491. The van der Waals surface area contributed by atoms with Crippen LogP contribution in [0, 0.1) is 18.3 Å². The molecule has 8 heteroatoms. The molecule has 0 amide bonds. The van der Waals surface area contributed by atoms with Gasteiger partial charge < -0.3 is 10.1 Å². The van der Waals surface area contributed by atoms with Crippen molar-refractivity contribution in [3.63, 3.8) is 0 Å². The molecule has 0 fully saturated rings. The molecule has 0 radical (unpaired) electrons. The minimum Gasteiger partial charge on any atom is -0.493 e. The van der Waals surface area contributed by atoms with Gasteiger partial charge in [0, 0.05) is 20.9 Å². The van der Waals surface area contributed by atoms with Crippen molar-refractivity contribution >= 4 is 72.1 Å². The van der Waals surface area contributed by atoms with Gasteiger partial charge in [-0.25, -0.2) is 4.98 Å². The summed E-state index contributed by atoms with van der Waals surface area (Å²) in [5, 5.41) is 15.6. The maximum absolute atomic E-state index is 10.1. The number of halogens is 2. The van der Waals surface area contributed by atoms with Gasteiger partial charge in [-0.15, -0.1) is 23.1 Å². The molecule has 0 spiro atoms. The van der Waals surface area contributed by atoms with E-state index < -0.39 is 0 Å². The van der Waals surface area contributed by atoms with Crippen LogP contribution in [-0.2, 0) is 0 Å². The number of hydrogen-bond donors (Lipinski definition) is 1. The van der Waals surface area contributed by atoms with Crippen LogP contribution in [0.1, 0.15) is 10.6 Å². The van der Waals surface area contributed by atoms with E-state index in [4.69, 9.17) is 21.3 Å². The van der Waals surface area contributed by atoms with Crippen LogP contribution in [0.5, 0.6) is 5.75 Å². The maximum Gasteiger partial charge on any atom is 0.137 e. The quantitative estimate of drug-likeness (QED) is 0.175. The first-order valence-corrected chi connectivity index (χ1v) is 13.1. The van der Waals surface area contributed by atoms with Crippen molar-refractivity contribution < 1.29 is 4.74 Å². The first-order valence-electron chi connectivity index (χ1n) is 10.1. The zero-order valence-corrected chi connectivity index (χ0v) is 21.6. The fourth-order valence-electron chi connectivity index (χ4n) is 3.04. The minimum absolute atomic E-state index is 0.491. The normalized spacial score (nSPS) is 11.7. The molecule has 166 valence electrons. The molecule has 1 aromatic heterocycles. The van der Waals surface area contributed by atoms with Gasteiger partial charge in [0.1, 0.15) is 22.4 Å². The van der Waals surface area contributed by atoms with Crippen LogP contribution in [0.2, 0.25) is 5.02 Å². The number of para-hydroxylation sites is 1. The lowest BCUT2D eigenvalue weighted by Gasteiger charge is -2.15. The zero-order chi connectivity index (χ0) is 23.2. The number of nitriles is 1. The van der Waals surface area contributed by atoms with E-state index in [1.165, 1.54) is 23.1 Å². The molecule has 4 rings (SSSR count). The van der Waals surface area contributed by atoms with Crippen LogP contribution in [0.4, 0.5) is 5.69 Å². The third-order valence-electron chi connectivity index (χ3n) is 4.77. The first-order chi connectivity index (χ1) is 16.0. The SMILES string of the molecule is Cc1c(Cl)cccc1NC(SCCOc1ccc(Br)cc1)=C(C#N)c1nc2ccccc2s1. The van der Waals surface area contributed by atoms with Gasteiger partial charge in [-0.1, -0.05) is 45.7 Å². The highest BCUT2D eigenvalue weighted by Crippen LogP contribution is 2.34. The highest BCUT2D eigenvalue weighted by Gasteiger charge is 2.16. The Bertz CT molecular complexity index is 1310. The molecule has 4 nitrogen and oxygen atoms in total. The topological polar surface area (TPSA) is 57.9 Å². The first kappa shape index (κ1) is 23.7. The van der Waals surface area contributed by atoms with Crippen LogP contribution in [-0.4, -0.2) is 17.3 Å². The van der Waals surface area contributed by atoms with Crippen molar-refractivity contribution in [3.05, 3.63) is 91.8 Å². The Morgan fingerprint density at radius 2 is 1.94 bits per heavy atom. The van der Waals surface area contributed by atoms with Gasteiger partial charge in [0.05, 0.1) is 21.9 Å². The number of benzene rings is 3. The van der Waals surface area contributed by atoms with E-state index in [1.54, 1.807) is 0 Å². The van der Waals surface area contributed by atoms with Crippen LogP contribution < -0.4 is 10.1 Å². The number of thiazole rings is 1. The summed E-state index contributed by atoms with van der Waals surface area (Å²) < 4.78 is 7.91. The lowest BCUT2D eigenvalue weighted by atomic mass is 10.2. The van der Waals surface area contributed by atoms with Crippen molar-refractivity contribution in [2.24, 2.45) is 0 Å². The van der Waals surface area contributed by atoms with Crippen LogP contribution in [0.25, 0.3) is 15.8 Å². The third kappa shape index (κ3) is 5.90. The van der Waals surface area contributed by atoms with Crippen molar-refractivity contribution in [1.82, 2.24) is 4.98 Å². The van der Waals surface area contributed by atoms with E-state index in [0.29, 0.717) is 28.0 Å². The van der Waals surface area contributed by atoms with Crippen molar-refractivity contribution in [2.75, 3.05) is 17.7 Å². The number of nitrogens with zero attached hydrogens (tertiary/aromatic N) is 2. The third-order valence-corrected chi connectivity index (χ3v) is 7.73. The molecule has 0 aliphatic rings. The molecule has 0 unspecified atom stereocenters. The largest absolute Gasteiger partial charge is 0.493 e. The molecule has 0 bridgehead atoms. The molecule has 0 atom stereocenters. The summed E-state index contributed by atoms with van der Waals surface area (Å²) in [5.41, 5.74) is 3.16. The number of allylic oxidation sites excluding steroid dienone is 1. The van der Waals surface area contributed by atoms with E-state index >= 15 is 0 Å². The van der Waals surface area contributed by atoms with E-state index in [0.717, 1.165) is 36.7 Å². The summed E-state index contributed by atoms with van der Waals surface area (Å²) in [6, 6.07) is 23.7. The van der Waals surface area contributed by atoms with Gasteiger partial charge in [0.15, 0.2) is 0 Å². The molecule has 1 N–H and O–H groups in total. The summed E-state index contributed by atoms with van der Waals surface area (Å²) >= 11 is 12.8. The van der Waals surface area contributed by atoms with E-state index in [-0.39, 0.29) is 0 Å². The highest BCUT2D eigenvalue weighted by atomic mass is 79.9. The monoisotopic (exact) mass is 555 g/mol. The Labute approximate surface area is 214 Å². The summed E-state index contributed by atoms with van der Waals surface area (Å²) in [7, 11) is 0. The smallest absolute Gasteiger partial charge is 0.137 e. The molecule has 0 saturated carbocycles. The van der Waals surface area contributed by atoms with Crippen molar-refractivity contribution in [2.45, 2.75) is 6.92 Å². The number of fused-ring (bicyclic) bond motifs is 1. The molecule has 0 aliphatic heterocycles. The number of ether oxygens (including phenoxy) is 1. The second-order valence-electron chi connectivity index (χ2n) is 6.99. The van der Waals surface area contributed by atoms with E-state index in [9.17, 15) is 5.26 Å². The molecular formula is C25H19BrClN3OS2. The number of thioether (sulfide) groups is 1. The van der Waals surface area contributed by atoms with Crippen molar-refractivity contribution in [3.8, 4) is 11.8 Å². The van der Waals surface area contributed by atoms with Crippen LogP contribution >= 0.6 is 50.6 Å². The number of hydrogen-bond acceptors (Lipinski definition) is 6. The second kappa shape index (κ2) is 11.1. The fourth-order valence-corrected chi connectivity index (χ4v) is 5.35. The standard InChI is InChI=1S/C25H19BrClN3OS2/c1-16-20(27)5-4-7-21(16)29-24(32-14-13-31-18-11-9-17(26)10-12-18)19(15-28)25-30-22-6-2-3-8-23(22)33-25/h2-12,29H,13-14H2,1H3. The Morgan fingerprint density at radius 1 is 1.15 bits per heavy atom. The summed E-state index contributed by atoms with van der Waals surface area (Å²) in [4.78, 5) is 4.69. The van der Waals surface area contributed by atoms with Gasteiger partial charge in [-0.3, -0.25) is 0 Å². The highest BCUT2D eigenvalue weighted by molar-refractivity contribution is 9.10. The molecule has 0 aliphatic carbocycles. The predicted molar refractivity (Wildman–Crippen MR) is 144 cm³/mol. The van der Waals surface area contributed by atoms with Crippen molar-refractivity contribution in [1.29, 1.82) is 5.26 Å². The maximum atomic E-state index is 10.1. The number of rotatable bonds is 8. The lowest BCUT2D eigenvalue weighted by Crippen LogP contribution is -2.06. The number of aromatic nitrogens is 1. The Hall–Kier alpha value is -2.50. The molecule has 33 heavy (non-hydrogen) atoms. The molecule has 1 heterocycles. The lowest BCUT2D eigenvalue weighted by molar-refractivity contribution is 0.344.